The minimum absolute atomic E-state index is 0.688. The lowest BCUT2D eigenvalue weighted by Gasteiger charge is -2.03. The summed E-state index contributed by atoms with van der Waals surface area (Å²) in [5.74, 6) is 1.74. The smallest absolute Gasteiger partial charge is 0.120 e. The summed E-state index contributed by atoms with van der Waals surface area (Å²) in [7, 11) is 1.67. The highest BCUT2D eigenvalue weighted by Crippen LogP contribution is 2.23. The lowest BCUT2D eigenvalue weighted by Crippen LogP contribution is -1.90. The van der Waals surface area contributed by atoms with Gasteiger partial charge >= 0.3 is 0 Å². The number of ether oxygens (including phenoxy) is 2. The molecule has 104 valence electrons. The van der Waals surface area contributed by atoms with Crippen LogP contribution in [0.2, 0.25) is 0 Å². The van der Waals surface area contributed by atoms with Gasteiger partial charge in [-0.1, -0.05) is 40.2 Å². The van der Waals surface area contributed by atoms with E-state index in [-0.39, 0.29) is 0 Å². The summed E-state index contributed by atoms with van der Waals surface area (Å²) in [6, 6.07) is 14.0. The van der Waals surface area contributed by atoms with E-state index in [0.29, 0.717) is 6.61 Å². The lowest BCUT2D eigenvalue weighted by molar-refractivity contribution is 0.340. The van der Waals surface area contributed by atoms with Crippen LogP contribution < -0.4 is 9.47 Å². The highest BCUT2D eigenvalue weighted by molar-refractivity contribution is 9.10. The Bertz CT molecular complexity index is 588. The van der Waals surface area contributed by atoms with Gasteiger partial charge in [0.2, 0.25) is 0 Å². The maximum absolute atomic E-state index is 5.42. The Morgan fingerprint density at radius 3 is 2.30 bits per heavy atom. The lowest BCUT2D eigenvalue weighted by atomic mass is 10.1. The normalized spacial score (nSPS) is 10.8. The maximum Gasteiger partial charge on any atom is 0.120 e. The van der Waals surface area contributed by atoms with Gasteiger partial charge in [-0.15, -0.1) is 0 Å². The van der Waals surface area contributed by atoms with Crippen molar-refractivity contribution in [2.75, 3.05) is 13.7 Å². The van der Waals surface area contributed by atoms with Crippen molar-refractivity contribution in [1.29, 1.82) is 0 Å². The summed E-state index contributed by atoms with van der Waals surface area (Å²) in [6.07, 6.45) is 4.12. The number of benzene rings is 2. The van der Waals surface area contributed by atoms with Crippen molar-refractivity contribution >= 4 is 28.1 Å². The fourth-order valence-corrected chi connectivity index (χ4v) is 2.32. The first-order chi connectivity index (χ1) is 9.71. The first kappa shape index (κ1) is 14.7. The molecule has 0 aromatic heterocycles. The van der Waals surface area contributed by atoms with Gasteiger partial charge in [-0.2, -0.15) is 0 Å². The average Bonchev–Trinajstić information content (AvgIpc) is 2.46. The van der Waals surface area contributed by atoms with E-state index in [2.05, 4.69) is 28.1 Å². The van der Waals surface area contributed by atoms with Gasteiger partial charge in [-0.05, 0) is 48.4 Å². The fraction of sp³-hybridized carbons (Fsp3) is 0.176. The van der Waals surface area contributed by atoms with Gasteiger partial charge in [-0.3, -0.25) is 0 Å². The Labute approximate surface area is 128 Å². The Hall–Kier alpha value is -1.74. The van der Waals surface area contributed by atoms with Crippen LogP contribution in [0.3, 0.4) is 0 Å². The number of hydrogen-bond donors (Lipinski definition) is 0. The largest absolute Gasteiger partial charge is 0.497 e. The molecular formula is C17H17BrO2. The first-order valence-electron chi connectivity index (χ1n) is 6.47. The Balaban J connectivity index is 2.14. The van der Waals surface area contributed by atoms with Crippen molar-refractivity contribution in [3.05, 3.63) is 58.1 Å². The van der Waals surface area contributed by atoms with E-state index in [0.717, 1.165) is 27.1 Å². The van der Waals surface area contributed by atoms with Crippen molar-refractivity contribution in [3.8, 4) is 11.5 Å². The Morgan fingerprint density at radius 1 is 0.950 bits per heavy atom. The number of rotatable bonds is 5. The molecule has 0 bridgehead atoms. The molecule has 0 aliphatic rings. The molecule has 0 atom stereocenters. The summed E-state index contributed by atoms with van der Waals surface area (Å²) < 4.78 is 11.7. The van der Waals surface area contributed by atoms with Crippen LogP contribution in [-0.2, 0) is 0 Å². The second-order valence-corrected chi connectivity index (χ2v) is 5.18. The number of methoxy groups -OCH3 is 1. The Kier molecular flexibility index (Phi) is 5.24. The minimum atomic E-state index is 0.688. The van der Waals surface area contributed by atoms with Gasteiger partial charge in [0, 0.05) is 4.47 Å². The van der Waals surface area contributed by atoms with Crippen LogP contribution >= 0.6 is 15.9 Å². The third kappa shape index (κ3) is 4.14. The molecule has 0 heterocycles. The molecule has 0 N–H and O–H groups in total. The van der Waals surface area contributed by atoms with E-state index in [1.54, 1.807) is 7.11 Å². The van der Waals surface area contributed by atoms with Crippen LogP contribution in [0.25, 0.3) is 12.2 Å². The standard InChI is InChI=1S/C17H17BrO2/c1-3-20-16-8-6-13(7-9-16)4-5-14-10-15(18)12-17(11-14)19-2/h4-12H,3H2,1-2H3. The Morgan fingerprint density at radius 2 is 1.65 bits per heavy atom. The van der Waals surface area contributed by atoms with Crippen LogP contribution in [0.5, 0.6) is 11.5 Å². The van der Waals surface area contributed by atoms with E-state index in [4.69, 9.17) is 9.47 Å². The highest BCUT2D eigenvalue weighted by Gasteiger charge is 1.97. The molecule has 20 heavy (non-hydrogen) atoms. The topological polar surface area (TPSA) is 18.5 Å². The molecule has 0 aliphatic heterocycles. The SMILES string of the molecule is CCOc1ccc(C=Cc2cc(Br)cc(OC)c2)cc1. The predicted molar refractivity (Wildman–Crippen MR) is 87.2 cm³/mol. The zero-order valence-corrected chi connectivity index (χ0v) is 13.2. The molecule has 3 heteroatoms. The molecule has 0 unspecified atom stereocenters. The van der Waals surface area contributed by atoms with Crippen molar-refractivity contribution < 1.29 is 9.47 Å². The molecule has 2 rings (SSSR count). The summed E-state index contributed by atoms with van der Waals surface area (Å²) in [5.41, 5.74) is 2.22. The highest BCUT2D eigenvalue weighted by atomic mass is 79.9. The molecule has 0 saturated heterocycles. The van der Waals surface area contributed by atoms with Gasteiger partial charge in [0.05, 0.1) is 13.7 Å². The molecule has 0 fully saturated rings. The second kappa shape index (κ2) is 7.15. The van der Waals surface area contributed by atoms with E-state index in [1.807, 2.05) is 49.4 Å². The van der Waals surface area contributed by atoms with Crippen LogP contribution in [0.15, 0.2) is 46.9 Å². The van der Waals surface area contributed by atoms with Gasteiger partial charge in [0.15, 0.2) is 0 Å². The third-order valence-electron chi connectivity index (χ3n) is 2.79. The fourth-order valence-electron chi connectivity index (χ4n) is 1.83. The van der Waals surface area contributed by atoms with Crippen LogP contribution in [0.4, 0.5) is 0 Å². The quantitative estimate of drug-likeness (QED) is 0.715. The molecule has 0 spiro atoms. The van der Waals surface area contributed by atoms with Crippen molar-refractivity contribution in [2.24, 2.45) is 0 Å². The molecule has 0 radical (unpaired) electrons. The van der Waals surface area contributed by atoms with Crippen molar-refractivity contribution in [2.45, 2.75) is 6.92 Å². The van der Waals surface area contributed by atoms with Crippen molar-refractivity contribution in [3.63, 3.8) is 0 Å². The van der Waals surface area contributed by atoms with Crippen LogP contribution in [-0.4, -0.2) is 13.7 Å². The first-order valence-corrected chi connectivity index (χ1v) is 7.26. The number of halogens is 1. The summed E-state index contributed by atoms with van der Waals surface area (Å²) >= 11 is 3.48. The van der Waals surface area contributed by atoms with Gasteiger partial charge in [0.25, 0.3) is 0 Å². The molecule has 0 amide bonds. The van der Waals surface area contributed by atoms with Crippen molar-refractivity contribution in [1.82, 2.24) is 0 Å². The molecular weight excluding hydrogens is 316 g/mol. The van der Waals surface area contributed by atoms with E-state index in [9.17, 15) is 0 Å². The number of hydrogen-bond acceptors (Lipinski definition) is 2. The van der Waals surface area contributed by atoms with Crippen LogP contribution in [0, 0.1) is 0 Å². The summed E-state index contributed by atoms with van der Waals surface area (Å²) in [4.78, 5) is 0. The molecule has 0 aliphatic carbocycles. The maximum atomic E-state index is 5.42. The van der Waals surface area contributed by atoms with E-state index >= 15 is 0 Å². The molecule has 2 aromatic rings. The van der Waals surface area contributed by atoms with E-state index < -0.39 is 0 Å². The molecule has 2 aromatic carbocycles. The third-order valence-corrected chi connectivity index (χ3v) is 3.25. The summed E-state index contributed by atoms with van der Waals surface area (Å²) in [5, 5.41) is 0. The monoisotopic (exact) mass is 332 g/mol. The molecule has 0 saturated carbocycles. The average molecular weight is 333 g/mol. The van der Waals surface area contributed by atoms with Gasteiger partial charge < -0.3 is 9.47 Å². The van der Waals surface area contributed by atoms with Crippen LogP contribution in [0.1, 0.15) is 18.1 Å². The van der Waals surface area contributed by atoms with E-state index in [1.165, 1.54) is 0 Å². The summed E-state index contributed by atoms with van der Waals surface area (Å²) in [6.45, 7) is 2.67. The second-order valence-electron chi connectivity index (χ2n) is 4.26. The van der Waals surface area contributed by atoms with Gasteiger partial charge in [-0.25, -0.2) is 0 Å². The minimum Gasteiger partial charge on any atom is -0.497 e. The predicted octanol–water partition coefficient (Wildman–Crippen LogP) is 5.03. The van der Waals surface area contributed by atoms with Gasteiger partial charge in [0.1, 0.15) is 11.5 Å². The zero-order chi connectivity index (χ0) is 14.4. The zero-order valence-electron chi connectivity index (χ0n) is 11.6. The molecule has 2 nitrogen and oxygen atoms in total.